The van der Waals surface area contributed by atoms with Gasteiger partial charge < -0.3 is 9.47 Å². The van der Waals surface area contributed by atoms with Crippen molar-refractivity contribution in [2.75, 3.05) is 19.5 Å². The molecule has 0 spiro atoms. The topological polar surface area (TPSA) is 60.5 Å². The Morgan fingerprint density at radius 3 is 2.50 bits per heavy atom. The Balaban J connectivity index is 1.78. The Hall–Kier alpha value is -3.00. The zero-order chi connectivity index (χ0) is 18.7. The quantitative estimate of drug-likeness (QED) is 0.719. The normalized spacial score (nSPS) is 10.5. The van der Waals surface area contributed by atoms with Crippen LogP contribution in [0.4, 0.5) is 13.9 Å². The van der Waals surface area contributed by atoms with Gasteiger partial charge >= 0.3 is 0 Å². The second-order valence-corrected chi connectivity index (χ2v) is 6.05. The number of hydrogen-bond acceptors (Lipinski definition) is 5. The monoisotopic (exact) mass is 376 g/mol. The number of nitrogens with zero attached hydrogens (tertiary/aromatic N) is 1. The average Bonchev–Trinajstić information content (AvgIpc) is 3.11. The molecule has 0 atom stereocenters. The van der Waals surface area contributed by atoms with Gasteiger partial charge in [0.15, 0.2) is 28.3 Å². The molecule has 3 rings (SSSR count). The van der Waals surface area contributed by atoms with Crippen molar-refractivity contribution in [1.29, 1.82) is 0 Å². The van der Waals surface area contributed by atoms with Gasteiger partial charge in [-0.3, -0.25) is 10.1 Å². The molecule has 0 aliphatic carbocycles. The maximum absolute atomic E-state index is 13.3. The average molecular weight is 376 g/mol. The van der Waals surface area contributed by atoms with Crippen LogP contribution in [-0.2, 0) is 0 Å². The molecule has 0 saturated heterocycles. The van der Waals surface area contributed by atoms with Gasteiger partial charge in [0.1, 0.15) is 0 Å². The summed E-state index contributed by atoms with van der Waals surface area (Å²) in [5.74, 6) is -1.31. The fraction of sp³-hybridized carbons (Fsp3) is 0.111. The van der Waals surface area contributed by atoms with E-state index in [0.717, 1.165) is 12.1 Å². The highest BCUT2D eigenvalue weighted by Crippen LogP contribution is 2.29. The van der Waals surface area contributed by atoms with Crippen molar-refractivity contribution in [2.45, 2.75) is 0 Å². The molecule has 1 N–H and O–H groups in total. The first-order chi connectivity index (χ1) is 12.5. The Labute approximate surface area is 152 Å². The van der Waals surface area contributed by atoms with Crippen LogP contribution in [0.3, 0.4) is 0 Å². The second kappa shape index (κ2) is 7.49. The van der Waals surface area contributed by atoms with Crippen LogP contribution in [0.15, 0.2) is 41.8 Å². The lowest BCUT2D eigenvalue weighted by molar-refractivity contribution is 0.102. The van der Waals surface area contributed by atoms with Crippen LogP contribution in [0.1, 0.15) is 10.4 Å². The number of amides is 1. The van der Waals surface area contributed by atoms with Crippen molar-refractivity contribution < 1.29 is 23.0 Å². The predicted octanol–water partition coefficient (Wildman–Crippen LogP) is 4.36. The van der Waals surface area contributed by atoms with Crippen molar-refractivity contribution in [3.05, 3.63) is 59.0 Å². The number of ether oxygens (including phenoxy) is 2. The molecule has 134 valence electrons. The smallest absolute Gasteiger partial charge is 0.257 e. The first kappa shape index (κ1) is 17.8. The molecular formula is C18H14F2N2O3S. The number of carbonyl (C=O) groups is 1. The Morgan fingerprint density at radius 1 is 1.04 bits per heavy atom. The van der Waals surface area contributed by atoms with E-state index in [0.29, 0.717) is 33.5 Å². The Morgan fingerprint density at radius 2 is 1.81 bits per heavy atom. The van der Waals surface area contributed by atoms with Gasteiger partial charge in [0, 0.05) is 16.5 Å². The molecule has 8 heteroatoms. The van der Waals surface area contributed by atoms with E-state index in [1.165, 1.54) is 31.6 Å². The summed E-state index contributed by atoms with van der Waals surface area (Å²) in [6, 6.07) is 8.30. The van der Waals surface area contributed by atoms with Crippen LogP contribution < -0.4 is 14.8 Å². The summed E-state index contributed by atoms with van der Waals surface area (Å²) in [6.07, 6.45) is 0. The third kappa shape index (κ3) is 3.65. The minimum atomic E-state index is -0.952. The van der Waals surface area contributed by atoms with Crippen molar-refractivity contribution >= 4 is 22.4 Å². The molecule has 1 aromatic heterocycles. The van der Waals surface area contributed by atoms with Gasteiger partial charge in [0.2, 0.25) is 0 Å². The van der Waals surface area contributed by atoms with E-state index < -0.39 is 11.6 Å². The zero-order valence-corrected chi connectivity index (χ0v) is 14.7. The summed E-state index contributed by atoms with van der Waals surface area (Å²) in [4.78, 5) is 16.6. The molecule has 0 saturated carbocycles. The van der Waals surface area contributed by atoms with Crippen LogP contribution in [0.2, 0.25) is 0 Å². The van der Waals surface area contributed by atoms with Crippen LogP contribution in [0.5, 0.6) is 11.5 Å². The van der Waals surface area contributed by atoms with E-state index in [1.54, 1.807) is 23.6 Å². The molecule has 3 aromatic rings. The minimum Gasteiger partial charge on any atom is -0.493 e. The molecule has 0 aliphatic heterocycles. The minimum absolute atomic E-state index is 0.338. The molecule has 0 aliphatic rings. The highest BCUT2D eigenvalue weighted by Gasteiger charge is 2.14. The molecule has 0 fully saturated rings. The number of rotatable bonds is 5. The van der Waals surface area contributed by atoms with E-state index in [9.17, 15) is 13.6 Å². The number of carbonyl (C=O) groups excluding carboxylic acids is 1. The number of hydrogen-bond donors (Lipinski definition) is 1. The van der Waals surface area contributed by atoms with E-state index in [1.807, 2.05) is 0 Å². The maximum Gasteiger partial charge on any atom is 0.257 e. The second-order valence-electron chi connectivity index (χ2n) is 5.19. The first-order valence-corrected chi connectivity index (χ1v) is 8.34. The van der Waals surface area contributed by atoms with Gasteiger partial charge in [-0.1, -0.05) is 0 Å². The molecule has 2 aromatic carbocycles. The molecule has 0 bridgehead atoms. The number of halogens is 2. The fourth-order valence-electron chi connectivity index (χ4n) is 2.27. The summed E-state index contributed by atoms with van der Waals surface area (Å²) in [7, 11) is 2.99. The van der Waals surface area contributed by atoms with Crippen LogP contribution in [0.25, 0.3) is 11.3 Å². The van der Waals surface area contributed by atoms with E-state index in [4.69, 9.17) is 9.47 Å². The molecule has 1 heterocycles. The van der Waals surface area contributed by atoms with E-state index >= 15 is 0 Å². The lowest BCUT2D eigenvalue weighted by Crippen LogP contribution is -2.12. The highest BCUT2D eigenvalue weighted by atomic mass is 32.1. The largest absolute Gasteiger partial charge is 0.493 e. The lowest BCUT2D eigenvalue weighted by atomic mass is 10.2. The van der Waals surface area contributed by atoms with Crippen LogP contribution >= 0.6 is 11.3 Å². The number of nitrogens with one attached hydrogen (secondary N) is 1. The molecule has 5 nitrogen and oxygen atoms in total. The predicted molar refractivity (Wildman–Crippen MR) is 95.0 cm³/mol. The number of methoxy groups -OCH3 is 2. The van der Waals surface area contributed by atoms with Crippen LogP contribution in [0, 0.1) is 11.6 Å². The standard InChI is InChI=1S/C18H14F2N2O3S/c1-24-15-6-4-11(8-16(15)25-2)17(23)22-18-21-14(9-26-18)10-3-5-12(19)13(20)7-10/h3-9H,1-2H3,(H,21,22,23). The van der Waals surface area contributed by atoms with E-state index in [-0.39, 0.29) is 5.91 Å². The first-order valence-electron chi connectivity index (χ1n) is 7.46. The highest BCUT2D eigenvalue weighted by molar-refractivity contribution is 7.14. The van der Waals surface area contributed by atoms with Crippen molar-refractivity contribution in [3.63, 3.8) is 0 Å². The Bertz CT molecular complexity index is 959. The summed E-state index contributed by atoms with van der Waals surface area (Å²) in [5.41, 5.74) is 1.23. The molecule has 1 amide bonds. The SMILES string of the molecule is COc1ccc(C(=O)Nc2nc(-c3ccc(F)c(F)c3)cs2)cc1OC. The zero-order valence-electron chi connectivity index (χ0n) is 13.9. The molecule has 0 unspecified atom stereocenters. The molecule has 0 radical (unpaired) electrons. The Kier molecular flexibility index (Phi) is 5.13. The van der Waals surface area contributed by atoms with Gasteiger partial charge in [0.25, 0.3) is 5.91 Å². The summed E-state index contributed by atoms with van der Waals surface area (Å²) in [6.45, 7) is 0. The van der Waals surface area contributed by atoms with Crippen molar-refractivity contribution in [3.8, 4) is 22.8 Å². The van der Waals surface area contributed by atoms with Gasteiger partial charge in [-0.05, 0) is 36.4 Å². The van der Waals surface area contributed by atoms with Gasteiger partial charge in [-0.25, -0.2) is 13.8 Å². The number of anilines is 1. The van der Waals surface area contributed by atoms with Crippen molar-refractivity contribution in [1.82, 2.24) is 4.98 Å². The summed E-state index contributed by atoms with van der Waals surface area (Å²) in [5, 5.41) is 4.65. The maximum atomic E-state index is 13.3. The van der Waals surface area contributed by atoms with Gasteiger partial charge in [0.05, 0.1) is 19.9 Å². The molecule has 26 heavy (non-hydrogen) atoms. The fourth-order valence-corrected chi connectivity index (χ4v) is 2.98. The van der Waals surface area contributed by atoms with Crippen LogP contribution in [-0.4, -0.2) is 25.1 Å². The number of benzene rings is 2. The summed E-state index contributed by atoms with van der Waals surface area (Å²) < 4.78 is 36.7. The van der Waals surface area contributed by atoms with Gasteiger partial charge in [-0.2, -0.15) is 0 Å². The molecular weight excluding hydrogens is 362 g/mol. The van der Waals surface area contributed by atoms with Gasteiger partial charge in [-0.15, -0.1) is 11.3 Å². The third-order valence-electron chi connectivity index (χ3n) is 3.59. The summed E-state index contributed by atoms with van der Waals surface area (Å²) >= 11 is 1.18. The van der Waals surface area contributed by atoms with Crippen molar-refractivity contribution in [2.24, 2.45) is 0 Å². The number of aromatic nitrogens is 1. The third-order valence-corrected chi connectivity index (χ3v) is 4.34. The lowest BCUT2D eigenvalue weighted by Gasteiger charge is -2.09. The number of thiazole rings is 1. The van der Waals surface area contributed by atoms with E-state index in [2.05, 4.69) is 10.3 Å².